The lowest BCUT2D eigenvalue weighted by molar-refractivity contribution is 0.101. The van der Waals surface area contributed by atoms with E-state index in [0.29, 0.717) is 5.92 Å². The normalized spacial score (nSPS) is 19.2. The predicted molar refractivity (Wildman–Crippen MR) is 78.3 cm³/mol. The highest BCUT2D eigenvalue weighted by Crippen LogP contribution is 2.25. The van der Waals surface area contributed by atoms with Crippen LogP contribution in [0, 0.1) is 5.92 Å². The van der Waals surface area contributed by atoms with Crippen LogP contribution in [-0.4, -0.2) is 44.6 Å². The number of carbonyl (C=O) groups is 1. The minimum Gasteiger partial charge on any atom is -0.496 e. The van der Waals surface area contributed by atoms with Gasteiger partial charge in [0, 0.05) is 31.3 Å². The first-order valence-corrected chi connectivity index (χ1v) is 7.03. The number of rotatable bonds is 6. The smallest absolute Gasteiger partial charge is 0.159 e. The fourth-order valence-corrected chi connectivity index (χ4v) is 2.79. The molecule has 0 saturated carbocycles. The topological polar surface area (TPSA) is 38.8 Å². The first kappa shape index (κ1) is 15.0. The van der Waals surface area contributed by atoms with Crippen LogP contribution in [-0.2, 0) is 11.3 Å². The van der Waals surface area contributed by atoms with Gasteiger partial charge in [0.2, 0.25) is 0 Å². The fraction of sp³-hybridized carbons (Fsp3) is 0.562. The van der Waals surface area contributed by atoms with E-state index in [9.17, 15) is 4.79 Å². The molecule has 0 spiro atoms. The molecule has 0 amide bonds. The highest BCUT2D eigenvalue weighted by molar-refractivity contribution is 5.94. The number of hydrogen-bond acceptors (Lipinski definition) is 4. The molecule has 0 radical (unpaired) electrons. The van der Waals surface area contributed by atoms with Gasteiger partial charge in [-0.2, -0.15) is 0 Å². The maximum Gasteiger partial charge on any atom is 0.159 e. The van der Waals surface area contributed by atoms with E-state index in [1.54, 1.807) is 21.1 Å². The number of hydrogen-bond donors (Lipinski definition) is 0. The zero-order valence-corrected chi connectivity index (χ0v) is 12.5. The van der Waals surface area contributed by atoms with E-state index >= 15 is 0 Å². The maximum atomic E-state index is 11.5. The Kier molecular flexibility index (Phi) is 5.15. The molecule has 1 aromatic rings. The van der Waals surface area contributed by atoms with Crippen molar-refractivity contribution in [2.24, 2.45) is 5.92 Å². The van der Waals surface area contributed by atoms with Crippen molar-refractivity contribution in [2.45, 2.75) is 19.9 Å². The summed E-state index contributed by atoms with van der Waals surface area (Å²) in [6.45, 7) is 5.35. The predicted octanol–water partition coefficient (Wildman–Crippen LogP) is 2.37. The summed E-state index contributed by atoms with van der Waals surface area (Å²) in [5.74, 6) is 1.56. The Hall–Kier alpha value is -1.39. The highest BCUT2D eigenvalue weighted by atomic mass is 16.5. The molecule has 0 aromatic heterocycles. The molecule has 2 rings (SSSR count). The minimum absolute atomic E-state index is 0.0904. The van der Waals surface area contributed by atoms with E-state index in [1.807, 2.05) is 18.2 Å². The number of nitrogens with zero attached hydrogens (tertiary/aromatic N) is 1. The molecule has 0 aliphatic carbocycles. The van der Waals surface area contributed by atoms with Crippen LogP contribution in [0.25, 0.3) is 0 Å². The van der Waals surface area contributed by atoms with Gasteiger partial charge < -0.3 is 9.47 Å². The molecule has 4 nitrogen and oxygen atoms in total. The Morgan fingerprint density at radius 2 is 2.20 bits per heavy atom. The number of Topliss-reactive ketones (excluding diaryl/α,β-unsaturated/α-hetero) is 1. The van der Waals surface area contributed by atoms with E-state index in [-0.39, 0.29) is 5.78 Å². The average Bonchev–Trinajstić information content (AvgIpc) is 2.86. The lowest BCUT2D eigenvalue weighted by atomic mass is 10.1. The SMILES string of the molecule is COCC1CCN(Cc2cc(C(C)=O)ccc2OC)C1. The second-order valence-corrected chi connectivity index (χ2v) is 5.43. The zero-order chi connectivity index (χ0) is 14.5. The average molecular weight is 277 g/mol. The molecular weight excluding hydrogens is 254 g/mol. The Morgan fingerprint density at radius 1 is 1.40 bits per heavy atom. The molecule has 1 unspecified atom stereocenters. The van der Waals surface area contributed by atoms with Gasteiger partial charge in [-0.25, -0.2) is 0 Å². The van der Waals surface area contributed by atoms with Crippen LogP contribution in [0.15, 0.2) is 18.2 Å². The molecule has 1 aliphatic rings. The standard InChI is InChI=1S/C16H23NO3/c1-12(18)14-4-5-16(20-3)15(8-14)10-17-7-6-13(9-17)11-19-2/h4-5,8,13H,6-7,9-11H2,1-3H3. The van der Waals surface area contributed by atoms with E-state index < -0.39 is 0 Å². The zero-order valence-electron chi connectivity index (χ0n) is 12.5. The number of methoxy groups -OCH3 is 2. The van der Waals surface area contributed by atoms with Gasteiger partial charge in [0.1, 0.15) is 5.75 Å². The summed E-state index contributed by atoms with van der Waals surface area (Å²) in [6, 6.07) is 5.65. The van der Waals surface area contributed by atoms with Gasteiger partial charge in [-0.1, -0.05) is 0 Å². The Balaban J connectivity index is 2.08. The lowest BCUT2D eigenvalue weighted by Crippen LogP contribution is -2.21. The molecule has 1 aromatic carbocycles. The van der Waals surface area contributed by atoms with Crippen molar-refractivity contribution in [1.29, 1.82) is 0 Å². The Labute approximate surface area is 120 Å². The highest BCUT2D eigenvalue weighted by Gasteiger charge is 2.23. The van der Waals surface area contributed by atoms with Crippen molar-refractivity contribution in [3.05, 3.63) is 29.3 Å². The van der Waals surface area contributed by atoms with Gasteiger partial charge in [0.25, 0.3) is 0 Å². The van der Waals surface area contributed by atoms with E-state index in [0.717, 1.165) is 43.1 Å². The van der Waals surface area contributed by atoms with Crippen LogP contribution >= 0.6 is 0 Å². The van der Waals surface area contributed by atoms with Crippen LogP contribution < -0.4 is 4.74 Å². The third-order valence-corrected chi connectivity index (χ3v) is 3.85. The van der Waals surface area contributed by atoms with Gasteiger partial charge in [-0.05, 0) is 44.0 Å². The van der Waals surface area contributed by atoms with E-state index in [4.69, 9.17) is 9.47 Å². The van der Waals surface area contributed by atoms with Crippen LogP contribution in [0.1, 0.15) is 29.3 Å². The van der Waals surface area contributed by atoms with Crippen LogP contribution in [0.3, 0.4) is 0 Å². The van der Waals surface area contributed by atoms with Crippen molar-refractivity contribution in [3.8, 4) is 5.75 Å². The molecule has 1 fully saturated rings. The summed E-state index contributed by atoms with van der Waals surface area (Å²) >= 11 is 0. The molecular formula is C16H23NO3. The molecule has 1 atom stereocenters. The van der Waals surface area contributed by atoms with Crippen molar-refractivity contribution >= 4 is 5.78 Å². The summed E-state index contributed by atoms with van der Waals surface area (Å²) in [5.41, 5.74) is 1.83. The number of benzene rings is 1. The summed E-state index contributed by atoms with van der Waals surface area (Å²) in [6.07, 6.45) is 1.17. The Morgan fingerprint density at radius 3 is 2.85 bits per heavy atom. The molecule has 1 saturated heterocycles. The van der Waals surface area contributed by atoms with Crippen LogP contribution in [0.4, 0.5) is 0 Å². The van der Waals surface area contributed by atoms with Crippen molar-refractivity contribution < 1.29 is 14.3 Å². The quantitative estimate of drug-likeness (QED) is 0.748. The molecule has 0 N–H and O–H groups in total. The van der Waals surface area contributed by atoms with E-state index in [1.165, 1.54) is 6.42 Å². The van der Waals surface area contributed by atoms with Gasteiger partial charge in [-0.3, -0.25) is 9.69 Å². The number of ether oxygens (including phenoxy) is 2. The molecule has 1 heterocycles. The molecule has 1 aliphatic heterocycles. The third kappa shape index (κ3) is 3.58. The molecule has 110 valence electrons. The second kappa shape index (κ2) is 6.86. The second-order valence-electron chi connectivity index (χ2n) is 5.43. The van der Waals surface area contributed by atoms with Gasteiger partial charge >= 0.3 is 0 Å². The summed E-state index contributed by atoms with van der Waals surface area (Å²) in [7, 11) is 3.42. The maximum absolute atomic E-state index is 11.5. The van der Waals surface area contributed by atoms with Gasteiger partial charge in [0.05, 0.1) is 13.7 Å². The molecule has 4 heteroatoms. The first-order chi connectivity index (χ1) is 9.63. The first-order valence-electron chi connectivity index (χ1n) is 7.03. The molecule has 0 bridgehead atoms. The fourth-order valence-electron chi connectivity index (χ4n) is 2.79. The van der Waals surface area contributed by atoms with Crippen LogP contribution in [0.5, 0.6) is 5.75 Å². The van der Waals surface area contributed by atoms with E-state index in [2.05, 4.69) is 4.90 Å². The number of likely N-dealkylation sites (tertiary alicyclic amines) is 1. The molecule has 20 heavy (non-hydrogen) atoms. The summed E-state index contributed by atoms with van der Waals surface area (Å²) in [4.78, 5) is 13.9. The number of ketones is 1. The van der Waals surface area contributed by atoms with Gasteiger partial charge in [0.15, 0.2) is 5.78 Å². The van der Waals surface area contributed by atoms with Crippen LogP contribution in [0.2, 0.25) is 0 Å². The van der Waals surface area contributed by atoms with Crippen molar-refractivity contribution in [2.75, 3.05) is 33.9 Å². The van der Waals surface area contributed by atoms with Crippen molar-refractivity contribution in [3.63, 3.8) is 0 Å². The third-order valence-electron chi connectivity index (χ3n) is 3.85. The summed E-state index contributed by atoms with van der Waals surface area (Å²) < 4.78 is 10.6. The minimum atomic E-state index is 0.0904. The van der Waals surface area contributed by atoms with Gasteiger partial charge in [-0.15, -0.1) is 0 Å². The number of carbonyl (C=O) groups excluding carboxylic acids is 1. The Bertz CT molecular complexity index is 473. The monoisotopic (exact) mass is 277 g/mol. The largest absolute Gasteiger partial charge is 0.496 e. The van der Waals surface area contributed by atoms with Crippen molar-refractivity contribution in [1.82, 2.24) is 4.90 Å². The lowest BCUT2D eigenvalue weighted by Gasteiger charge is -2.18. The summed E-state index contributed by atoms with van der Waals surface area (Å²) in [5, 5.41) is 0.